The number of carbonyl (C=O) groups excluding carboxylic acids is 7. The molecule has 5 rings (SSSR count). The van der Waals surface area contributed by atoms with E-state index in [0.717, 1.165) is 18.4 Å². The lowest BCUT2D eigenvalue weighted by Gasteiger charge is -2.57. The van der Waals surface area contributed by atoms with Crippen molar-refractivity contribution >= 4 is 41.1 Å². The Morgan fingerprint density at radius 1 is 0.950 bits per heavy atom. The lowest BCUT2D eigenvalue weighted by Crippen LogP contribution is -2.61. The lowest BCUT2D eigenvalue weighted by atomic mass is 9.46. The van der Waals surface area contributed by atoms with E-state index in [9.17, 15) is 38.7 Å². The van der Waals surface area contributed by atoms with Crippen LogP contribution in [0.25, 0.3) is 0 Å². The maximum atomic E-state index is 13.7. The standard InChI is InChI=1S/C29H35NO10/c1-27-11-9-17(31)13-16(27)3-4-18-19-10-12-29(38,28(19,2)14-20(32)26(18)27)21(33)15-39-24(36)7-8-25(37)40-30-22(34)5-6-23(30)35/h13,18-19,26,38H,3-12,14-15H2,1-2H3/t18-,19-,26-,27-,28-,29-/m0/s1. The molecule has 0 aromatic rings. The summed E-state index contributed by atoms with van der Waals surface area (Å²) in [6.45, 7) is 3.16. The number of allylic oxidation sites excluding steroid dienone is 1. The normalized spacial score (nSPS) is 36.9. The number of fused-ring (bicyclic) bond motifs is 5. The number of rotatable bonds is 7. The maximum Gasteiger partial charge on any atom is 0.333 e. The van der Waals surface area contributed by atoms with Crippen molar-refractivity contribution < 1.29 is 48.2 Å². The molecule has 216 valence electrons. The fourth-order valence-electron chi connectivity index (χ4n) is 8.19. The van der Waals surface area contributed by atoms with Crippen molar-refractivity contribution in [1.82, 2.24) is 5.06 Å². The van der Waals surface area contributed by atoms with Crippen molar-refractivity contribution in [3.05, 3.63) is 11.6 Å². The van der Waals surface area contributed by atoms with Gasteiger partial charge in [0, 0.05) is 37.0 Å². The van der Waals surface area contributed by atoms with E-state index < -0.39 is 60.0 Å². The van der Waals surface area contributed by atoms with Crippen molar-refractivity contribution in [3.63, 3.8) is 0 Å². The quantitative estimate of drug-likeness (QED) is 0.362. The molecular formula is C29H35NO10. The van der Waals surface area contributed by atoms with Gasteiger partial charge in [-0.1, -0.05) is 19.4 Å². The zero-order valence-electron chi connectivity index (χ0n) is 22.9. The number of aliphatic hydroxyl groups is 1. The topological polar surface area (TPSA) is 161 Å². The summed E-state index contributed by atoms with van der Waals surface area (Å²) in [6, 6.07) is 0. The summed E-state index contributed by atoms with van der Waals surface area (Å²) < 4.78 is 5.07. The first-order valence-corrected chi connectivity index (χ1v) is 14.0. The molecule has 40 heavy (non-hydrogen) atoms. The Balaban J connectivity index is 1.20. The van der Waals surface area contributed by atoms with Gasteiger partial charge in [0.1, 0.15) is 11.4 Å². The van der Waals surface area contributed by atoms with Gasteiger partial charge in [-0.25, -0.2) is 4.79 Å². The highest BCUT2D eigenvalue weighted by atomic mass is 16.7. The minimum atomic E-state index is -1.84. The molecule has 4 aliphatic carbocycles. The van der Waals surface area contributed by atoms with Gasteiger partial charge in [0.2, 0.25) is 5.78 Å². The molecule has 0 aromatic carbocycles. The molecule has 5 aliphatic rings. The molecule has 1 aliphatic heterocycles. The molecule has 6 atom stereocenters. The van der Waals surface area contributed by atoms with Crippen LogP contribution in [0.4, 0.5) is 0 Å². The van der Waals surface area contributed by atoms with Crippen LogP contribution in [-0.2, 0) is 43.1 Å². The second-order valence-electron chi connectivity index (χ2n) is 12.4. The van der Waals surface area contributed by atoms with E-state index in [-0.39, 0.29) is 60.4 Å². The third-order valence-electron chi connectivity index (χ3n) is 10.4. The van der Waals surface area contributed by atoms with Gasteiger partial charge in [0.15, 0.2) is 12.4 Å². The molecule has 1 N–H and O–H groups in total. The minimum absolute atomic E-state index is 0.00444. The SMILES string of the molecule is C[C@]12CCC(=O)C=C1CC[C@@H]1[C@H]2C(=O)C[C@@]2(C)[C@H]1CC[C@]2(O)C(=O)COC(=O)CCC(=O)ON1C(=O)CCC1=O. The van der Waals surface area contributed by atoms with Gasteiger partial charge >= 0.3 is 11.9 Å². The van der Waals surface area contributed by atoms with E-state index in [2.05, 4.69) is 6.92 Å². The molecule has 0 unspecified atom stereocenters. The van der Waals surface area contributed by atoms with Crippen LogP contribution in [0.5, 0.6) is 0 Å². The highest BCUT2D eigenvalue weighted by molar-refractivity contribution is 6.01. The van der Waals surface area contributed by atoms with E-state index in [0.29, 0.717) is 24.3 Å². The number of hydroxylamine groups is 2. The third kappa shape index (κ3) is 4.42. The van der Waals surface area contributed by atoms with Crippen LogP contribution in [0.15, 0.2) is 11.6 Å². The molecule has 11 nitrogen and oxygen atoms in total. The van der Waals surface area contributed by atoms with Crippen LogP contribution in [0, 0.1) is 28.6 Å². The van der Waals surface area contributed by atoms with E-state index >= 15 is 0 Å². The van der Waals surface area contributed by atoms with E-state index in [1.165, 1.54) is 0 Å². The summed E-state index contributed by atoms with van der Waals surface area (Å²) in [4.78, 5) is 91.0. The predicted octanol–water partition coefficient (Wildman–Crippen LogP) is 1.93. The number of imide groups is 1. The summed E-state index contributed by atoms with van der Waals surface area (Å²) in [7, 11) is 0. The Kier molecular flexibility index (Phi) is 7.09. The van der Waals surface area contributed by atoms with Crippen molar-refractivity contribution in [3.8, 4) is 0 Å². The van der Waals surface area contributed by atoms with Gasteiger partial charge in [-0.3, -0.25) is 28.8 Å². The van der Waals surface area contributed by atoms with Crippen molar-refractivity contribution in [2.75, 3.05) is 6.61 Å². The third-order valence-corrected chi connectivity index (χ3v) is 10.4. The van der Waals surface area contributed by atoms with E-state index in [4.69, 9.17) is 9.57 Å². The number of hydrogen-bond donors (Lipinski definition) is 1. The van der Waals surface area contributed by atoms with Gasteiger partial charge in [-0.2, -0.15) is 0 Å². The second kappa shape index (κ2) is 10.0. The molecule has 0 aromatic heterocycles. The number of Topliss-reactive ketones (excluding diaryl/α,β-unsaturated/α-hetero) is 2. The van der Waals surface area contributed by atoms with E-state index in [1.807, 2.05) is 0 Å². The van der Waals surface area contributed by atoms with Crippen molar-refractivity contribution in [1.29, 1.82) is 0 Å². The monoisotopic (exact) mass is 557 g/mol. The smallest absolute Gasteiger partial charge is 0.333 e. The molecule has 11 heteroatoms. The molecule has 1 heterocycles. The van der Waals surface area contributed by atoms with Crippen LogP contribution in [0.3, 0.4) is 0 Å². The average molecular weight is 558 g/mol. The van der Waals surface area contributed by atoms with Crippen LogP contribution >= 0.6 is 0 Å². The highest BCUT2D eigenvalue weighted by Crippen LogP contribution is 2.66. The largest absolute Gasteiger partial charge is 0.458 e. The zero-order valence-corrected chi connectivity index (χ0v) is 22.9. The lowest BCUT2D eigenvalue weighted by molar-refractivity contribution is -0.197. The van der Waals surface area contributed by atoms with Gasteiger partial charge in [0.05, 0.1) is 12.8 Å². The van der Waals surface area contributed by atoms with Crippen LogP contribution < -0.4 is 0 Å². The van der Waals surface area contributed by atoms with E-state index in [1.54, 1.807) is 13.0 Å². The number of ketones is 3. The average Bonchev–Trinajstić information content (AvgIpc) is 3.36. The van der Waals surface area contributed by atoms with Gasteiger partial charge in [-0.05, 0) is 55.4 Å². The van der Waals surface area contributed by atoms with Crippen LogP contribution in [0.1, 0.15) is 84.5 Å². The zero-order chi connectivity index (χ0) is 29.0. The first kappa shape index (κ1) is 28.3. The summed E-state index contributed by atoms with van der Waals surface area (Å²) in [5.74, 6) is -4.01. The maximum absolute atomic E-state index is 13.7. The first-order valence-electron chi connectivity index (χ1n) is 14.0. The molecule has 4 fully saturated rings. The fraction of sp³-hybridized carbons (Fsp3) is 0.690. The molecular weight excluding hydrogens is 522 g/mol. The minimum Gasteiger partial charge on any atom is -0.458 e. The number of carbonyl (C=O) groups is 7. The highest BCUT2D eigenvalue weighted by Gasteiger charge is 2.68. The molecule has 2 amide bonds. The van der Waals surface area contributed by atoms with Gasteiger partial charge in [-0.15, -0.1) is 5.06 Å². The number of ether oxygens (including phenoxy) is 1. The Morgan fingerprint density at radius 3 is 2.33 bits per heavy atom. The van der Waals surface area contributed by atoms with Crippen LogP contribution in [-0.4, -0.2) is 63.5 Å². The summed E-state index contributed by atoms with van der Waals surface area (Å²) in [5.41, 5.74) is -2.18. The summed E-state index contributed by atoms with van der Waals surface area (Å²) >= 11 is 0. The van der Waals surface area contributed by atoms with Crippen molar-refractivity contribution in [2.45, 2.75) is 90.1 Å². The molecule has 0 bridgehead atoms. The van der Waals surface area contributed by atoms with Gasteiger partial charge < -0.3 is 14.7 Å². The number of hydrogen-bond acceptors (Lipinski definition) is 10. The number of nitrogens with zero attached hydrogens (tertiary/aromatic N) is 1. The summed E-state index contributed by atoms with van der Waals surface area (Å²) in [6.07, 6.45) is 3.94. The fourth-order valence-corrected chi connectivity index (χ4v) is 8.19. The molecule has 1 saturated heterocycles. The second-order valence-corrected chi connectivity index (χ2v) is 12.4. The Bertz CT molecular complexity index is 1220. The number of amides is 2. The number of esters is 1. The Morgan fingerprint density at radius 2 is 1.62 bits per heavy atom. The van der Waals surface area contributed by atoms with Gasteiger partial charge in [0.25, 0.3) is 11.8 Å². The summed E-state index contributed by atoms with van der Waals surface area (Å²) in [5, 5.41) is 12.1. The molecule has 0 spiro atoms. The molecule has 3 saturated carbocycles. The van der Waals surface area contributed by atoms with Crippen LogP contribution in [0.2, 0.25) is 0 Å². The predicted molar refractivity (Wildman–Crippen MR) is 134 cm³/mol. The Labute approximate surface area is 231 Å². The first-order chi connectivity index (χ1) is 18.8. The van der Waals surface area contributed by atoms with Crippen molar-refractivity contribution in [2.24, 2.45) is 28.6 Å². The Hall–Kier alpha value is -3.21. The molecule has 0 radical (unpaired) electrons.